The van der Waals surface area contributed by atoms with Crippen molar-refractivity contribution in [2.24, 2.45) is 0 Å². The average Bonchev–Trinajstić information content (AvgIpc) is 2.35. The van der Waals surface area contributed by atoms with Gasteiger partial charge in [0.1, 0.15) is 5.60 Å². The van der Waals surface area contributed by atoms with E-state index in [4.69, 9.17) is 9.47 Å². The van der Waals surface area contributed by atoms with Gasteiger partial charge in [0.25, 0.3) is 0 Å². The summed E-state index contributed by atoms with van der Waals surface area (Å²) >= 11 is 0. The summed E-state index contributed by atoms with van der Waals surface area (Å²) in [5.74, 6) is 0. The predicted molar refractivity (Wildman–Crippen MR) is 81.3 cm³/mol. The maximum Gasteiger partial charge on any atom is 0.410 e. The summed E-state index contributed by atoms with van der Waals surface area (Å²) in [6.07, 6.45) is 1.12. The molecule has 3 unspecified atom stereocenters. The summed E-state index contributed by atoms with van der Waals surface area (Å²) < 4.78 is 10.4. The molecule has 0 aromatic carbocycles. The highest BCUT2D eigenvalue weighted by Gasteiger charge is 2.33. The molecule has 21 heavy (non-hydrogen) atoms. The maximum atomic E-state index is 12.2. The number of hydrogen-bond donors (Lipinski definition) is 2. The molecule has 3 atom stereocenters. The van der Waals surface area contributed by atoms with Gasteiger partial charge in [0.15, 0.2) is 0 Å². The Hall–Kier alpha value is -0.850. The van der Waals surface area contributed by atoms with Crippen molar-refractivity contribution in [1.29, 1.82) is 0 Å². The second-order valence-electron chi connectivity index (χ2n) is 6.68. The summed E-state index contributed by atoms with van der Waals surface area (Å²) in [7, 11) is 1.57. The number of aliphatic hydroxyl groups is 1. The Morgan fingerprint density at radius 3 is 2.71 bits per heavy atom. The third-order valence-corrected chi connectivity index (χ3v) is 3.59. The number of methoxy groups -OCH3 is 1. The Morgan fingerprint density at radius 1 is 1.48 bits per heavy atom. The standard InChI is InChI=1S/C15H30N2O4/c1-11-13(16-9-12(18)10-20-5)7-6-8-17(11)14(19)21-15(2,3)4/h11-13,16,18H,6-10H2,1-5H3. The molecule has 1 rings (SSSR count). The molecule has 0 bridgehead atoms. The molecule has 1 amide bonds. The second kappa shape index (κ2) is 7.96. The van der Waals surface area contributed by atoms with Gasteiger partial charge in [-0.15, -0.1) is 0 Å². The smallest absolute Gasteiger partial charge is 0.410 e. The molecule has 1 aliphatic heterocycles. The van der Waals surface area contributed by atoms with Crippen molar-refractivity contribution in [2.75, 3.05) is 26.8 Å². The van der Waals surface area contributed by atoms with E-state index >= 15 is 0 Å². The minimum atomic E-state index is -0.529. The molecule has 1 fully saturated rings. The zero-order valence-corrected chi connectivity index (χ0v) is 13.9. The Labute approximate surface area is 127 Å². The van der Waals surface area contributed by atoms with E-state index in [1.807, 2.05) is 27.7 Å². The van der Waals surface area contributed by atoms with Crippen molar-refractivity contribution in [3.8, 4) is 0 Å². The highest BCUT2D eigenvalue weighted by molar-refractivity contribution is 5.68. The fraction of sp³-hybridized carbons (Fsp3) is 0.933. The van der Waals surface area contributed by atoms with Crippen molar-refractivity contribution >= 4 is 6.09 Å². The fourth-order valence-corrected chi connectivity index (χ4v) is 2.53. The predicted octanol–water partition coefficient (Wildman–Crippen LogP) is 1.37. The minimum Gasteiger partial charge on any atom is -0.444 e. The second-order valence-corrected chi connectivity index (χ2v) is 6.68. The zero-order chi connectivity index (χ0) is 16.0. The van der Waals surface area contributed by atoms with E-state index < -0.39 is 11.7 Å². The fourth-order valence-electron chi connectivity index (χ4n) is 2.53. The Bertz CT molecular complexity index is 330. The normalized spacial score (nSPS) is 24.8. The lowest BCUT2D eigenvalue weighted by atomic mass is 9.97. The molecule has 0 aromatic heterocycles. The largest absolute Gasteiger partial charge is 0.444 e. The van der Waals surface area contributed by atoms with Crippen LogP contribution in [0.4, 0.5) is 4.79 Å². The van der Waals surface area contributed by atoms with Crippen LogP contribution < -0.4 is 5.32 Å². The first-order valence-corrected chi connectivity index (χ1v) is 7.64. The zero-order valence-electron chi connectivity index (χ0n) is 13.9. The number of hydrogen-bond acceptors (Lipinski definition) is 5. The highest BCUT2D eigenvalue weighted by atomic mass is 16.6. The van der Waals surface area contributed by atoms with Crippen molar-refractivity contribution in [1.82, 2.24) is 10.2 Å². The third kappa shape index (κ3) is 6.20. The topological polar surface area (TPSA) is 71.0 Å². The molecule has 1 saturated heterocycles. The molecule has 0 aliphatic carbocycles. The van der Waals surface area contributed by atoms with Gasteiger partial charge in [-0.05, 0) is 40.5 Å². The summed E-state index contributed by atoms with van der Waals surface area (Å²) in [5.41, 5.74) is -0.480. The van der Waals surface area contributed by atoms with Gasteiger partial charge in [-0.1, -0.05) is 0 Å². The summed E-state index contributed by atoms with van der Waals surface area (Å²) in [6.45, 7) is 9.12. The van der Waals surface area contributed by atoms with Gasteiger partial charge in [-0.3, -0.25) is 0 Å². The first kappa shape index (κ1) is 18.2. The number of ether oxygens (including phenoxy) is 2. The average molecular weight is 302 g/mol. The number of amides is 1. The van der Waals surface area contributed by atoms with Crippen molar-refractivity contribution in [3.63, 3.8) is 0 Å². The number of carbonyl (C=O) groups is 1. The van der Waals surface area contributed by atoms with E-state index in [1.54, 1.807) is 12.0 Å². The van der Waals surface area contributed by atoms with E-state index in [0.29, 0.717) is 13.2 Å². The Morgan fingerprint density at radius 2 is 2.14 bits per heavy atom. The molecule has 0 spiro atoms. The lowest BCUT2D eigenvalue weighted by molar-refractivity contribution is 0.00524. The Balaban J connectivity index is 2.52. The molecular formula is C15H30N2O4. The minimum absolute atomic E-state index is 0.0448. The van der Waals surface area contributed by atoms with Crippen LogP contribution in [0.1, 0.15) is 40.5 Å². The molecule has 1 heterocycles. The molecule has 124 valence electrons. The van der Waals surface area contributed by atoms with Gasteiger partial charge < -0.3 is 24.8 Å². The summed E-state index contributed by atoms with van der Waals surface area (Å²) in [5, 5.41) is 13.0. The van der Waals surface area contributed by atoms with Crippen LogP contribution in [0.25, 0.3) is 0 Å². The van der Waals surface area contributed by atoms with E-state index in [2.05, 4.69) is 5.32 Å². The molecule has 2 N–H and O–H groups in total. The van der Waals surface area contributed by atoms with Crippen molar-refractivity contribution in [3.05, 3.63) is 0 Å². The number of nitrogens with one attached hydrogen (secondary N) is 1. The summed E-state index contributed by atoms with van der Waals surface area (Å²) in [4.78, 5) is 14.0. The van der Waals surface area contributed by atoms with Crippen LogP contribution in [0.3, 0.4) is 0 Å². The molecular weight excluding hydrogens is 272 g/mol. The van der Waals surface area contributed by atoms with Gasteiger partial charge in [0.05, 0.1) is 12.7 Å². The SMILES string of the molecule is COCC(O)CNC1CCCN(C(=O)OC(C)(C)C)C1C. The molecule has 1 aliphatic rings. The van der Waals surface area contributed by atoms with E-state index in [-0.39, 0.29) is 18.2 Å². The van der Waals surface area contributed by atoms with Crippen LogP contribution in [0.2, 0.25) is 0 Å². The van der Waals surface area contributed by atoms with E-state index in [0.717, 1.165) is 19.4 Å². The van der Waals surface area contributed by atoms with E-state index in [9.17, 15) is 9.90 Å². The van der Waals surface area contributed by atoms with Crippen molar-refractivity contribution in [2.45, 2.75) is 64.3 Å². The highest BCUT2D eigenvalue weighted by Crippen LogP contribution is 2.20. The molecule has 6 nitrogen and oxygen atoms in total. The van der Waals surface area contributed by atoms with Crippen LogP contribution in [0, 0.1) is 0 Å². The Kier molecular flexibility index (Phi) is 6.90. The van der Waals surface area contributed by atoms with Crippen LogP contribution in [0.15, 0.2) is 0 Å². The summed E-state index contributed by atoms with van der Waals surface area (Å²) in [6, 6.07) is 0.209. The number of likely N-dealkylation sites (tertiary alicyclic amines) is 1. The molecule has 0 aromatic rings. The van der Waals surface area contributed by atoms with Crippen LogP contribution in [0.5, 0.6) is 0 Å². The van der Waals surface area contributed by atoms with Gasteiger partial charge in [0, 0.05) is 32.3 Å². The lowest BCUT2D eigenvalue weighted by Gasteiger charge is -2.40. The van der Waals surface area contributed by atoms with Gasteiger partial charge in [-0.2, -0.15) is 0 Å². The lowest BCUT2D eigenvalue weighted by Crippen LogP contribution is -2.56. The van der Waals surface area contributed by atoms with Gasteiger partial charge in [0.2, 0.25) is 0 Å². The molecule has 0 radical (unpaired) electrons. The number of piperidine rings is 1. The van der Waals surface area contributed by atoms with Crippen LogP contribution >= 0.6 is 0 Å². The van der Waals surface area contributed by atoms with Crippen LogP contribution in [-0.2, 0) is 9.47 Å². The number of carbonyl (C=O) groups excluding carboxylic acids is 1. The number of aliphatic hydroxyl groups excluding tert-OH is 1. The quantitative estimate of drug-likeness (QED) is 0.802. The third-order valence-electron chi connectivity index (χ3n) is 3.59. The molecule has 6 heteroatoms. The van der Waals surface area contributed by atoms with E-state index in [1.165, 1.54) is 0 Å². The number of nitrogens with zero attached hydrogens (tertiary/aromatic N) is 1. The van der Waals surface area contributed by atoms with Gasteiger partial charge in [-0.25, -0.2) is 4.79 Å². The van der Waals surface area contributed by atoms with Gasteiger partial charge >= 0.3 is 6.09 Å². The molecule has 0 saturated carbocycles. The van der Waals surface area contributed by atoms with Crippen LogP contribution in [-0.4, -0.2) is 66.7 Å². The monoisotopic (exact) mass is 302 g/mol. The number of rotatable bonds is 5. The first-order chi connectivity index (χ1) is 9.74. The van der Waals surface area contributed by atoms with Crippen molar-refractivity contribution < 1.29 is 19.4 Å². The first-order valence-electron chi connectivity index (χ1n) is 7.64. The maximum absolute atomic E-state index is 12.2.